The van der Waals surface area contributed by atoms with Gasteiger partial charge in [-0.1, -0.05) is 6.07 Å². The third-order valence-corrected chi connectivity index (χ3v) is 3.60. The van der Waals surface area contributed by atoms with Gasteiger partial charge in [-0.2, -0.15) is 5.06 Å². The van der Waals surface area contributed by atoms with Crippen molar-refractivity contribution in [2.75, 3.05) is 44.7 Å². The highest BCUT2D eigenvalue weighted by molar-refractivity contribution is 5.39. The molecular formula is C14H22F2N4O. The number of aryl methyl sites for hydroxylation is 1. The maximum atomic E-state index is 13.4. The minimum Gasteiger partial charge on any atom is -0.354 e. The normalized spacial score (nSPS) is 17.2. The van der Waals surface area contributed by atoms with Crippen LogP contribution in [0.4, 0.5) is 14.6 Å². The Hall–Kier alpha value is -1.31. The summed E-state index contributed by atoms with van der Waals surface area (Å²) in [7, 11) is 1.52. The number of hydrogen-bond donors (Lipinski definition) is 2. The molecule has 1 aliphatic rings. The van der Waals surface area contributed by atoms with Crippen molar-refractivity contribution in [2.24, 2.45) is 0 Å². The van der Waals surface area contributed by atoms with Crippen molar-refractivity contribution in [3.05, 3.63) is 23.9 Å². The van der Waals surface area contributed by atoms with Gasteiger partial charge in [0, 0.05) is 38.8 Å². The molecular weight excluding hydrogens is 278 g/mol. The predicted octanol–water partition coefficient (Wildman–Crippen LogP) is 1.38. The molecule has 0 radical (unpaired) electrons. The van der Waals surface area contributed by atoms with Gasteiger partial charge in [-0.15, -0.1) is 0 Å². The number of halogens is 2. The number of alkyl halides is 2. The Balaban J connectivity index is 1.87. The molecule has 1 fully saturated rings. The SMILES string of the molecule is CNCC(F)(F)CCc1ccc(N2CCN(O)CC2)nc1. The van der Waals surface area contributed by atoms with Crippen molar-refractivity contribution in [2.45, 2.75) is 18.8 Å². The Morgan fingerprint density at radius 1 is 1.29 bits per heavy atom. The number of nitrogens with one attached hydrogen (secondary N) is 1. The van der Waals surface area contributed by atoms with E-state index in [2.05, 4.69) is 15.2 Å². The average Bonchev–Trinajstić information content (AvgIpc) is 2.47. The molecule has 2 heterocycles. The molecule has 0 unspecified atom stereocenters. The van der Waals surface area contributed by atoms with E-state index in [1.807, 2.05) is 12.1 Å². The molecule has 0 saturated carbocycles. The van der Waals surface area contributed by atoms with Crippen LogP contribution < -0.4 is 10.2 Å². The maximum absolute atomic E-state index is 13.4. The molecule has 1 aromatic rings. The van der Waals surface area contributed by atoms with Crippen LogP contribution in [0.25, 0.3) is 0 Å². The molecule has 0 aromatic carbocycles. The number of aromatic nitrogens is 1. The lowest BCUT2D eigenvalue weighted by molar-refractivity contribution is -0.0936. The second-order valence-electron chi connectivity index (χ2n) is 5.35. The lowest BCUT2D eigenvalue weighted by Crippen LogP contribution is -2.45. The van der Waals surface area contributed by atoms with Gasteiger partial charge in [0.15, 0.2) is 0 Å². The Morgan fingerprint density at radius 3 is 2.57 bits per heavy atom. The molecule has 0 bridgehead atoms. The second-order valence-corrected chi connectivity index (χ2v) is 5.35. The van der Waals surface area contributed by atoms with E-state index in [9.17, 15) is 14.0 Å². The highest BCUT2D eigenvalue weighted by atomic mass is 19.3. The minimum absolute atomic E-state index is 0.182. The maximum Gasteiger partial charge on any atom is 0.260 e. The van der Waals surface area contributed by atoms with Crippen molar-refractivity contribution in [1.29, 1.82) is 0 Å². The van der Waals surface area contributed by atoms with E-state index in [-0.39, 0.29) is 13.0 Å². The molecule has 7 heteroatoms. The first-order valence-corrected chi connectivity index (χ1v) is 7.16. The molecule has 2 rings (SSSR count). The van der Waals surface area contributed by atoms with Crippen LogP contribution >= 0.6 is 0 Å². The number of hydroxylamine groups is 2. The van der Waals surface area contributed by atoms with E-state index in [1.165, 1.54) is 12.1 Å². The smallest absolute Gasteiger partial charge is 0.260 e. The highest BCUT2D eigenvalue weighted by Crippen LogP contribution is 2.21. The molecule has 0 amide bonds. The summed E-state index contributed by atoms with van der Waals surface area (Å²) in [6.07, 6.45) is 1.79. The molecule has 1 aliphatic heterocycles. The zero-order valence-corrected chi connectivity index (χ0v) is 12.2. The van der Waals surface area contributed by atoms with Crippen molar-refractivity contribution in [3.8, 4) is 0 Å². The van der Waals surface area contributed by atoms with E-state index in [0.29, 0.717) is 32.6 Å². The third kappa shape index (κ3) is 4.87. The van der Waals surface area contributed by atoms with E-state index in [4.69, 9.17) is 0 Å². The molecule has 1 aromatic heterocycles. The standard InChI is InChI=1S/C14H22F2N4O/c1-17-11-14(15,16)5-4-12-2-3-13(18-10-12)19-6-8-20(21)9-7-19/h2-3,10,17,21H,4-9,11H2,1H3. The Labute approximate surface area is 123 Å². The van der Waals surface area contributed by atoms with Gasteiger partial charge in [0.25, 0.3) is 5.92 Å². The van der Waals surface area contributed by atoms with Crippen molar-refractivity contribution >= 4 is 5.82 Å². The fourth-order valence-corrected chi connectivity index (χ4v) is 2.35. The summed E-state index contributed by atoms with van der Waals surface area (Å²) >= 11 is 0. The number of rotatable bonds is 6. The fourth-order valence-electron chi connectivity index (χ4n) is 2.35. The topological polar surface area (TPSA) is 51.6 Å². The van der Waals surface area contributed by atoms with Crippen LogP contribution in [0.15, 0.2) is 18.3 Å². The molecule has 0 atom stereocenters. The summed E-state index contributed by atoms with van der Waals surface area (Å²) < 4.78 is 26.8. The highest BCUT2D eigenvalue weighted by Gasteiger charge is 2.27. The number of hydrogen-bond acceptors (Lipinski definition) is 5. The van der Waals surface area contributed by atoms with Crippen LogP contribution in [0.2, 0.25) is 0 Å². The largest absolute Gasteiger partial charge is 0.354 e. The van der Waals surface area contributed by atoms with E-state index < -0.39 is 5.92 Å². The molecule has 21 heavy (non-hydrogen) atoms. The van der Waals surface area contributed by atoms with Gasteiger partial charge in [-0.3, -0.25) is 0 Å². The van der Waals surface area contributed by atoms with Gasteiger partial charge in [-0.25, -0.2) is 13.8 Å². The number of anilines is 1. The second kappa shape index (κ2) is 7.11. The summed E-state index contributed by atoms with van der Waals surface area (Å²) in [6, 6.07) is 3.71. The van der Waals surface area contributed by atoms with Gasteiger partial charge >= 0.3 is 0 Å². The third-order valence-electron chi connectivity index (χ3n) is 3.60. The zero-order chi connectivity index (χ0) is 15.3. The lowest BCUT2D eigenvalue weighted by Gasteiger charge is -2.31. The van der Waals surface area contributed by atoms with Crippen LogP contribution in [-0.2, 0) is 6.42 Å². The van der Waals surface area contributed by atoms with E-state index >= 15 is 0 Å². The van der Waals surface area contributed by atoms with E-state index in [1.54, 1.807) is 6.20 Å². The number of pyridine rings is 1. The van der Waals surface area contributed by atoms with Crippen LogP contribution in [0.5, 0.6) is 0 Å². The van der Waals surface area contributed by atoms with Gasteiger partial charge in [-0.05, 0) is 25.1 Å². The molecule has 0 spiro atoms. The summed E-state index contributed by atoms with van der Waals surface area (Å²) in [6.45, 7) is 2.29. The van der Waals surface area contributed by atoms with Crippen molar-refractivity contribution in [3.63, 3.8) is 0 Å². The van der Waals surface area contributed by atoms with Gasteiger partial charge in [0.2, 0.25) is 0 Å². The van der Waals surface area contributed by atoms with Gasteiger partial charge < -0.3 is 15.4 Å². The molecule has 118 valence electrons. The van der Waals surface area contributed by atoms with Gasteiger partial charge in [0.1, 0.15) is 5.82 Å². The molecule has 0 aliphatic carbocycles. The summed E-state index contributed by atoms with van der Waals surface area (Å²) in [4.78, 5) is 6.41. The van der Waals surface area contributed by atoms with Crippen LogP contribution in [0.1, 0.15) is 12.0 Å². The molecule has 1 saturated heterocycles. The Kier molecular flexibility index (Phi) is 5.44. The summed E-state index contributed by atoms with van der Waals surface area (Å²) in [5.41, 5.74) is 0.815. The average molecular weight is 300 g/mol. The van der Waals surface area contributed by atoms with Crippen LogP contribution in [0.3, 0.4) is 0 Å². The van der Waals surface area contributed by atoms with Crippen molar-refractivity contribution < 1.29 is 14.0 Å². The monoisotopic (exact) mass is 300 g/mol. The van der Waals surface area contributed by atoms with Crippen LogP contribution in [0, 0.1) is 0 Å². The first kappa shape index (κ1) is 16.1. The minimum atomic E-state index is -2.69. The lowest BCUT2D eigenvalue weighted by atomic mass is 10.1. The molecule has 5 nitrogen and oxygen atoms in total. The van der Waals surface area contributed by atoms with E-state index in [0.717, 1.165) is 11.4 Å². The van der Waals surface area contributed by atoms with Gasteiger partial charge in [0.05, 0.1) is 6.54 Å². The Bertz CT molecular complexity index is 433. The number of nitrogens with zero attached hydrogens (tertiary/aromatic N) is 3. The summed E-state index contributed by atoms with van der Waals surface area (Å²) in [5, 5.41) is 13.1. The first-order chi connectivity index (χ1) is 10.00. The number of piperazine rings is 1. The zero-order valence-electron chi connectivity index (χ0n) is 12.2. The quantitative estimate of drug-likeness (QED) is 0.831. The predicted molar refractivity (Wildman–Crippen MR) is 77.0 cm³/mol. The summed E-state index contributed by atoms with van der Waals surface area (Å²) in [5.74, 6) is -1.86. The molecule has 2 N–H and O–H groups in total. The first-order valence-electron chi connectivity index (χ1n) is 7.16. The Morgan fingerprint density at radius 2 is 2.00 bits per heavy atom. The van der Waals surface area contributed by atoms with Crippen molar-refractivity contribution in [1.82, 2.24) is 15.4 Å². The fraction of sp³-hybridized carbons (Fsp3) is 0.643. The van der Waals surface area contributed by atoms with Crippen LogP contribution in [-0.4, -0.2) is 60.9 Å².